The van der Waals surface area contributed by atoms with Gasteiger partial charge in [0.2, 0.25) is 0 Å². The lowest BCUT2D eigenvalue weighted by Crippen LogP contribution is -2.03. The molecule has 21 heavy (non-hydrogen) atoms. The molecule has 5 heteroatoms. The number of allylic oxidation sites excluding steroid dienone is 2. The Morgan fingerprint density at radius 1 is 1.05 bits per heavy atom. The maximum absolute atomic E-state index is 9.20. The van der Waals surface area contributed by atoms with Crippen LogP contribution in [0.4, 0.5) is 0 Å². The Kier molecular flexibility index (Phi) is 3.95. The van der Waals surface area contributed by atoms with Crippen LogP contribution in [-0.4, -0.2) is 4.98 Å². The largest absolute Gasteiger partial charge is 0.396 e. The second-order valence-electron chi connectivity index (χ2n) is 4.10. The predicted molar refractivity (Wildman–Crippen MR) is 77.8 cm³/mol. The van der Waals surface area contributed by atoms with Gasteiger partial charge in [-0.2, -0.15) is 15.8 Å². The summed E-state index contributed by atoms with van der Waals surface area (Å²) in [6.45, 7) is 0. The van der Waals surface area contributed by atoms with E-state index in [1.165, 1.54) is 0 Å². The molecule has 0 aliphatic heterocycles. The van der Waals surface area contributed by atoms with Crippen LogP contribution >= 0.6 is 0 Å². The lowest BCUT2D eigenvalue weighted by molar-refractivity contribution is 1.31. The van der Waals surface area contributed by atoms with Crippen molar-refractivity contribution < 1.29 is 0 Å². The van der Waals surface area contributed by atoms with Gasteiger partial charge in [0.05, 0.1) is 16.8 Å². The van der Waals surface area contributed by atoms with Crippen LogP contribution in [0.25, 0.3) is 17.0 Å². The number of pyridine rings is 1. The van der Waals surface area contributed by atoms with Gasteiger partial charge in [-0.25, -0.2) is 0 Å². The minimum absolute atomic E-state index is 0.0736. The maximum atomic E-state index is 9.20. The first-order chi connectivity index (χ1) is 10.2. The zero-order valence-corrected chi connectivity index (χ0v) is 10.9. The molecule has 5 nitrogen and oxygen atoms in total. The molecule has 0 atom stereocenters. The number of para-hydroxylation sites is 1. The van der Waals surface area contributed by atoms with Crippen LogP contribution in [0.1, 0.15) is 5.56 Å². The molecule has 1 aromatic carbocycles. The van der Waals surface area contributed by atoms with E-state index >= 15 is 0 Å². The third kappa shape index (κ3) is 2.71. The fraction of sp³-hybridized carbons (Fsp3) is 0. The minimum atomic E-state index is -0.277. The van der Waals surface area contributed by atoms with Crippen molar-refractivity contribution in [1.29, 1.82) is 15.8 Å². The van der Waals surface area contributed by atoms with Crippen molar-refractivity contribution in [1.82, 2.24) is 4.98 Å². The summed E-state index contributed by atoms with van der Waals surface area (Å²) in [4.78, 5) is 4.23. The highest BCUT2D eigenvalue weighted by Gasteiger charge is 2.09. The van der Waals surface area contributed by atoms with Crippen molar-refractivity contribution >= 4 is 17.0 Å². The van der Waals surface area contributed by atoms with Gasteiger partial charge in [0.25, 0.3) is 0 Å². The molecule has 98 valence electrons. The number of aromatic nitrogens is 1. The lowest BCUT2D eigenvalue weighted by atomic mass is 10.0. The van der Waals surface area contributed by atoms with Gasteiger partial charge in [0, 0.05) is 11.6 Å². The van der Waals surface area contributed by atoms with Crippen LogP contribution in [-0.2, 0) is 0 Å². The predicted octanol–water partition coefficient (Wildman–Crippen LogP) is 2.40. The molecule has 0 aliphatic carbocycles. The van der Waals surface area contributed by atoms with Crippen LogP contribution in [0.5, 0.6) is 0 Å². The Bertz CT molecular complexity index is 864. The van der Waals surface area contributed by atoms with Crippen LogP contribution in [0.15, 0.2) is 53.4 Å². The Morgan fingerprint density at radius 2 is 1.76 bits per heavy atom. The van der Waals surface area contributed by atoms with Crippen LogP contribution < -0.4 is 5.73 Å². The van der Waals surface area contributed by atoms with E-state index in [1.807, 2.05) is 30.3 Å². The average molecular weight is 271 g/mol. The highest BCUT2D eigenvalue weighted by Crippen LogP contribution is 2.20. The van der Waals surface area contributed by atoms with E-state index in [9.17, 15) is 5.26 Å². The molecule has 0 fully saturated rings. The molecule has 2 N–H and O–H groups in total. The van der Waals surface area contributed by atoms with Gasteiger partial charge in [-0.1, -0.05) is 18.2 Å². The first-order valence-corrected chi connectivity index (χ1v) is 5.97. The molecule has 0 bridgehead atoms. The van der Waals surface area contributed by atoms with Crippen LogP contribution in [0.3, 0.4) is 0 Å². The molecule has 0 unspecified atom stereocenters. The van der Waals surface area contributed by atoms with Gasteiger partial charge in [-0.3, -0.25) is 4.98 Å². The van der Waals surface area contributed by atoms with Crippen molar-refractivity contribution in [3.8, 4) is 18.2 Å². The smallest absolute Gasteiger partial charge is 0.153 e. The lowest BCUT2D eigenvalue weighted by Gasteiger charge is -2.03. The summed E-state index contributed by atoms with van der Waals surface area (Å²) in [5.41, 5.74) is 6.92. The molecule has 2 rings (SSSR count). The minimum Gasteiger partial charge on any atom is -0.396 e. The summed E-state index contributed by atoms with van der Waals surface area (Å²) in [6, 6.07) is 14.5. The number of fused-ring (bicyclic) bond motifs is 1. The van der Waals surface area contributed by atoms with Gasteiger partial charge in [-0.05, 0) is 23.8 Å². The average Bonchev–Trinajstić information content (AvgIpc) is 2.53. The van der Waals surface area contributed by atoms with Crippen molar-refractivity contribution in [3.63, 3.8) is 0 Å². The molecule has 0 spiro atoms. The SMILES string of the molecule is N#CC(C#N)=C(N)/C(C#N)=C/c1ccnc2ccccc12. The first-order valence-electron chi connectivity index (χ1n) is 5.97. The Labute approximate surface area is 121 Å². The van der Waals surface area contributed by atoms with Crippen molar-refractivity contribution in [2.75, 3.05) is 0 Å². The summed E-state index contributed by atoms with van der Waals surface area (Å²) < 4.78 is 0. The Balaban J connectivity index is 2.66. The van der Waals surface area contributed by atoms with E-state index in [-0.39, 0.29) is 16.8 Å². The molecule has 1 heterocycles. The van der Waals surface area contributed by atoms with Gasteiger partial charge >= 0.3 is 0 Å². The van der Waals surface area contributed by atoms with Crippen LogP contribution in [0, 0.1) is 34.0 Å². The molecule has 0 radical (unpaired) electrons. The van der Waals surface area contributed by atoms with E-state index in [2.05, 4.69) is 4.98 Å². The second kappa shape index (κ2) is 6.02. The zero-order chi connectivity index (χ0) is 15.2. The molecular weight excluding hydrogens is 262 g/mol. The first kappa shape index (κ1) is 13.8. The Morgan fingerprint density at radius 3 is 2.43 bits per heavy atom. The monoisotopic (exact) mass is 271 g/mol. The fourth-order valence-corrected chi connectivity index (χ4v) is 1.85. The maximum Gasteiger partial charge on any atom is 0.153 e. The van der Waals surface area contributed by atoms with Crippen molar-refractivity contribution in [2.24, 2.45) is 5.73 Å². The van der Waals surface area contributed by atoms with Gasteiger partial charge in [0.1, 0.15) is 18.2 Å². The van der Waals surface area contributed by atoms with E-state index in [4.69, 9.17) is 16.3 Å². The third-order valence-electron chi connectivity index (χ3n) is 2.89. The number of rotatable bonds is 2. The number of hydrogen-bond acceptors (Lipinski definition) is 5. The summed E-state index contributed by atoms with van der Waals surface area (Å²) in [6.07, 6.45) is 3.17. The van der Waals surface area contributed by atoms with Gasteiger partial charge in [0.15, 0.2) is 5.57 Å². The number of nitrogens with zero attached hydrogens (tertiary/aromatic N) is 4. The molecule has 0 aliphatic rings. The molecule has 0 saturated carbocycles. The zero-order valence-electron chi connectivity index (χ0n) is 10.9. The summed E-state index contributed by atoms with van der Waals surface area (Å²) >= 11 is 0. The topological polar surface area (TPSA) is 110 Å². The number of nitriles is 3. The molecule has 1 aromatic heterocycles. The van der Waals surface area contributed by atoms with Crippen LogP contribution in [0.2, 0.25) is 0 Å². The summed E-state index contributed by atoms with van der Waals surface area (Å²) in [7, 11) is 0. The summed E-state index contributed by atoms with van der Waals surface area (Å²) in [5.74, 6) is 0. The molecule has 0 saturated heterocycles. The Hall–Kier alpha value is -3.62. The normalized spacial score (nSPS) is 10.2. The number of nitrogens with two attached hydrogens (primary N) is 1. The van der Waals surface area contributed by atoms with E-state index in [0.717, 1.165) is 16.5 Å². The standard InChI is InChI=1S/C16H9N5/c17-8-12(16(20)13(9-18)10-19)7-11-5-6-21-15-4-2-1-3-14(11)15/h1-7H,20H2/b12-7+. The van der Waals surface area contributed by atoms with Gasteiger partial charge in [-0.15, -0.1) is 0 Å². The molecular formula is C16H9N5. The van der Waals surface area contributed by atoms with E-state index in [0.29, 0.717) is 0 Å². The van der Waals surface area contributed by atoms with Gasteiger partial charge < -0.3 is 5.73 Å². The highest BCUT2D eigenvalue weighted by molar-refractivity contribution is 5.89. The number of benzene rings is 1. The second-order valence-corrected chi connectivity index (χ2v) is 4.10. The quantitative estimate of drug-likeness (QED) is 0.666. The van der Waals surface area contributed by atoms with Crippen molar-refractivity contribution in [3.05, 3.63) is 58.9 Å². The summed E-state index contributed by atoms with van der Waals surface area (Å²) in [5, 5.41) is 27.7. The van der Waals surface area contributed by atoms with E-state index < -0.39 is 0 Å². The fourth-order valence-electron chi connectivity index (χ4n) is 1.85. The molecule has 0 amide bonds. The highest BCUT2D eigenvalue weighted by atomic mass is 14.6. The molecule has 2 aromatic rings. The number of hydrogen-bond donors (Lipinski definition) is 1. The van der Waals surface area contributed by atoms with E-state index in [1.54, 1.807) is 30.5 Å². The van der Waals surface area contributed by atoms with Crippen molar-refractivity contribution in [2.45, 2.75) is 0 Å². The third-order valence-corrected chi connectivity index (χ3v) is 2.89.